The molecule has 0 aromatic rings. The summed E-state index contributed by atoms with van der Waals surface area (Å²) in [7, 11) is -2.78. The van der Waals surface area contributed by atoms with Crippen molar-refractivity contribution in [1.82, 2.24) is 4.90 Å². The van der Waals surface area contributed by atoms with Crippen LogP contribution in [0.1, 0.15) is 19.3 Å². The third kappa shape index (κ3) is 2.50. The van der Waals surface area contributed by atoms with Gasteiger partial charge in [-0.05, 0) is 25.8 Å². The predicted octanol–water partition coefficient (Wildman–Crippen LogP) is -0.472. The Morgan fingerprint density at radius 3 is 2.80 bits per heavy atom. The molecule has 0 bridgehead atoms. The molecule has 5 nitrogen and oxygen atoms in total. The summed E-state index contributed by atoms with van der Waals surface area (Å²) >= 11 is 0. The number of nitrogens with zero attached hydrogens (tertiary/aromatic N) is 1. The molecule has 2 fully saturated rings. The highest BCUT2D eigenvalue weighted by Gasteiger charge is 2.37. The molecule has 2 aliphatic rings. The van der Waals surface area contributed by atoms with E-state index in [0.29, 0.717) is 24.2 Å². The molecule has 0 aromatic heterocycles. The minimum absolute atomic E-state index is 0.192. The quantitative estimate of drug-likeness (QED) is 0.668. The number of nitrogens with two attached hydrogens (primary N) is 1. The summed E-state index contributed by atoms with van der Waals surface area (Å²) in [6, 6.07) is 0.506. The second kappa shape index (κ2) is 4.37. The summed E-state index contributed by atoms with van der Waals surface area (Å²) in [6.45, 7) is 1.49. The van der Waals surface area contributed by atoms with E-state index in [9.17, 15) is 8.42 Å². The standard InChI is InChI=1S/C9H18N2O3S/c10-14-6-8-2-1-4-11(8)9-3-5-15(12,13)7-9/h8-9H,1-7,10H2. The fraction of sp³-hybridized carbons (Fsp3) is 1.00. The monoisotopic (exact) mass is 234 g/mol. The molecular formula is C9H18N2O3S. The van der Waals surface area contributed by atoms with Crippen molar-refractivity contribution in [2.45, 2.75) is 31.3 Å². The van der Waals surface area contributed by atoms with Crippen LogP contribution in [0.5, 0.6) is 0 Å². The Hall–Kier alpha value is -0.170. The number of hydrogen-bond donors (Lipinski definition) is 1. The number of likely N-dealkylation sites (tertiary alicyclic amines) is 1. The minimum Gasteiger partial charge on any atom is -0.303 e. The second-order valence-corrected chi connectivity index (χ2v) is 6.65. The van der Waals surface area contributed by atoms with Crippen LogP contribution >= 0.6 is 0 Å². The fourth-order valence-electron chi connectivity index (χ4n) is 2.67. The molecule has 2 N–H and O–H groups in total. The largest absolute Gasteiger partial charge is 0.303 e. The SMILES string of the molecule is NOCC1CCCN1C1CCS(=O)(=O)C1. The molecule has 2 aliphatic heterocycles. The molecule has 0 saturated carbocycles. The molecule has 2 heterocycles. The molecular weight excluding hydrogens is 216 g/mol. The lowest BCUT2D eigenvalue weighted by atomic mass is 10.2. The molecule has 0 spiro atoms. The van der Waals surface area contributed by atoms with Gasteiger partial charge in [0.05, 0.1) is 18.1 Å². The van der Waals surface area contributed by atoms with Crippen molar-refractivity contribution in [3.8, 4) is 0 Å². The van der Waals surface area contributed by atoms with Crippen molar-refractivity contribution in [3.63, 3.8) is 0 Å². The third-order valence-corrected chi connectivity index (χ3v) is 5.14. The van der Waals surface area contributed by atoms with Crippen LogP contribution in [0.4, 0.5) is 0 Å². The van der Waals surface area contributed by atoms with Crippen molar-refractivity contribution in [2.75, 3.05) is 24.7 Å². The molecule has 6 heteroatoms. The zero-order chi connectivity index (χ0) is 10.9. The lowest BCUT2D eigenvalue weighted by Gasteiger charge is -2.28. The van der Waals surface area contributed by atoms with Crippen LogP contribution in [-0.2, 0) is 14.7 Å². The molecule has 2 rings (SSSR count). The highest BCUT2D eigenvalue weighted by Crippen LogP contribution is 2.26. The Balaban J connectivity index is 1.98. The topological polar surface area (TPSA) is 72.6 Å². The van der Waals surface area contributed by atoms with Crippen molar-refractivity contribution >= 4 is 9.84 Å². The first-order valence-corrected chi connectivity index (χ1v) is 7.22. The summed E-state index contributed by atoms with van der Waals surface area (Å²) < 4.78 is 22.8. The number of sulfone groups is 1. The van der Waals surface area contributed by atoms with E-state index in [1.165, 1.54) is 0 Å². The maximum atomic E-state index is 11.4. The molecule has 0 aliphatic carbocycles. The zero-order valence-corrected chi connectivity index (χ0v) is 9.58. The van der Waals surface area contributed by atoms with Crippen LogP contribution in [0.15, 0.2) is 0 Å². The van der Waals surface area contributed by atoms with Gasteiger partial charge in [0.25, 0.3) is 0 Å². The van der Waals surface area contributed by atoms with Gasteiger partial charge in [0.1, 0.15) is 0 Å². The van der Waals surface area contributed by atoms with Crippen LogP contribution < -0.4 is 5.90 Å². The molecule has 0 amide bonds. The van der Waals surface area contributed by atoms with Gasteiger partial charge < -0.3 is 4.84 Å². The van der Waals surface area contributed by atoms with E-state index < -0.39 is 9.84 Å². The first-order chi connectivity index (χ1) is 7.12. The van der Waals surface area contributed by atoms with Crippen molar-refractivity contribution in [2.24, 2.45) is 5.90 Å². The Morgan fingerprint density at radius 1 is 1.40 bits per heavy atom. The van der Waals surface area contributed by atoms with Gasteiger partial charge in [0.15, 0.2) is 9.84 Å². The lowest BCUT2D eigenvalue weighted by Crippen LogP contribution is -2.42. The van der Waals surface area contributed by atoms with Crippen molar-refractivity contribution in [3.05, 3.63) is 0 Å². The van der Waals surface area contributed by atoms with Gasteiger partial charge >= 0.3 is 0 Å². The average molecular weight is 234 g/mol. The van der Waals surface area contributed by atoms with Gasteiger partial charge in [0.2, 0.25) is 0 Å². The maximum Gasteiger partial charge on any atom is 0.151 e. The molecule has 88 valence electrons. The van der Waals surface area contributed by atoms with E-state index in [-0.39, 0.29) is 6.04 Å². The van der Waals surface area contributed by atoms with E-state index in [4.69, 9.17) is 5.90 Å². The normalized spacial score (nSPS) is 36.1. The van der Waals surface area contributed by atoms with Crippen molar-refractivity contribution in [1.29, 1.82) is 0 Å². The van der Waals surface area contributed by atoms with Gasteiger partial charge in [0, 0.05) is 12.1 Å². The van der Waals surface area contributed by atoms with Crippen LogP contribution in [-0.4, -0.2) is 50.1 Å². The molecule has 2 atom stereocenters. The molecule has 0 radical (unpaired) electrons. The fourth-order valence-corrected chi connectivity index (χ4v) is 4.41. The van der Waals surface area contributed by atoms with Crippen LogP contribution in [0.3, 0.4) is 0 Å². The summed E-state index contributed by atoms with van der Waals surface area (Å²) in [5, 5.41) is 0. The van der Waals surface area contributed by atoms with Crippen LogP contribution in [0, 0.1) is 0 Å². The summed E-state index contributed by atoms with van der Waals surface area (Å²) in [5.41, 5.74) is 0. The first kappa shape index (κ1) is 11.3. The van der Waals surface area contributed by atoms with Gasteiger partial charge in [-0.25, -0.2) is 14.3 Å². The predicted molar refractivity (Wildman–Crippen MR) is 56.9 cm³/mol. The Labute approximate surface area is 90.4 Å². The van der Waals surface area contributed by atoms with E-state index in [1.807, 2.05) is 0 Å². The van der Waals surface area contributed by atoms with Gasteiger partial charge in [-0.15, -0.1) is 0 Å². The smallest absolute Gasteiger partial charge is 0.151 e. The molecule has 0 aromatic carbocycles. The van der Waals surface area contributed by atoms with E-state index in [0.717, 1.165) is 25.8 Å². The minimum atomic E-state index is -2.78. The third-order valence-electron chi connectivity index (χ3n) is 3.39. The Morgan fingerprint density at radius 2 is 2.20 bits per heavy atom. The molecule has 2 unspecified atom stereocenters. The zero-order valence-electron chi connectivity index (χ0n) is 8.76. The Bertz CT molecular complexity index is 317. The highest BCUT2D eigenvalue weighted by molar-refractivity contribution is 7.91. The maximum absolute atomic E-state index is 11.4. The van der Waals surface area contributed by atoms with Gasteiger partial charge in [-0.1, -0.05) is 0 Å². The summed E-state index contributed by atoms with van der Waals surface area (Å²) in [5.74, 6) is 5.73. The highest BCUT2D eigenvalue weighted by atomic mass is 32.2. The lowest BCUT2D eigenvalue weighted by molar-refractivity contribution is 0.0642. The van der Waals surface area contributed by atoms with Crippen LogP contribution in [0.2, 0.25) is 0 Å². The number of hydrogen-bond acceptors (Lipinski definition) is 5. The van der Waals surface area contributed by atoms with Crippen LogP contribution in [0.25, 0.3) is 0 Å². The van der Waals surface area contributed by atoms with Crippen molar-refractivity contribution < 1.29 is 13.3 Å². The Kier molecular flexibility index (Phi) is 3.30. The van der Waals surface area contributed by atoms with E-state index in [2.05, 4.69) is 9.74 Å². The summed E-state index contributed by atoms with van der Waals surface area (Å²) in [6.07, 6.45) is 2.95. The van der Waals surface area contributed by atoms with E-state index in [1.54, 1.807) is 0 Å². The average Bonchev–Trinajstić information content (AvgIpc) is 2.72. The second-order valence-electron chi connectivity index (χ2n) is 4.42. The van der Waals surface area contributed by atoms with Gasteiger partial charge in [-0.2, -0.15) is 0 Å². The summed E-state index contributed by atoms with van der Waals surface area (Å²) in [4.78, 5) is 6.94. The van der Waals surface area contributed by atoms with E-state index >= 15 is 0 Å². The number of rotatable bonds is 3. The first-order valence-electron chi connectivity index (χ1n) is 5.40. The van der Waals surface area contributed by atoms with Gasteiger partial charge in [-0.3, -0.25) is 4.90 Å². The molecule has 15 heavy (non-hydrogen) atoms. The molecule has 2 saturated heterocycles.